The van der Waals surface area contributed by atoms with Crippen LogP contribution < -0.4 is 19.5 Å². The fourth-order valence-electron chi connectivity index (χ4n) is 3.66. The minimum Gasteiger partial charge on any atom is -0.497 e. The van der Waals surface area contributed by atoms with Crippen LogP contribution in [0.1, 0.15) is 45.2 Å². The highest BCUT2D eigenvalue weighted by Gasteiger charge is 2.28. The predicted molar refractivity (Wildman–Crippen MR) is 127 cm³/mol. The Bertz CT molecular complexity index is 983. The summed E-state index contributed by atoms with van der Waals surface area (Å²) in [5, 5.41) is 2.98. The monoisotopic (exact) mass is 454 g/mol. The summed E-state index contributed by atoms with van der Waals surface area (Å²) in [6.45, 7) is 8.91. The number of amides is 2. The van der Waals surface area contributed by atoms with Gasteiger partial charge in [-0.15, -0.1) is 0 Å². The van der Waals surface area contributed by atoms with Crippen LogP contribution >= 0.6 is 0 Å². The van der Waals surface area contributed by atoms with Crippen molar-refractivity contribution in [2.75, 3.05) is 20.3 Å². The van der Waals surface area contributed by atoms with Crippen molar-refractivity contribution in [1.82, 2.24) is 10.2 Å². The second-order valence-corrected chi connectivity index (χ2v) is 9.27. The van der Waals surface area contributed by atoms with Crippen LogP contribution in [-0.2, 0) is 22.6 Å². The summed E-state index contributed by atoms with van der Waals surface area (Å²) in [6, 6.07) is 12.7. The van der Waals surface area contributed by atoms with Crippen molar-refractivity contribution in [1.29, 1.82) is 0 Å². The summed E-state index contributed by atoms with van der Waals surface area (Å²) in [5.74, 6) is 1.87. The number of benzene rings is 2. The van der Waals surface area contributed by atoms with Gasteiger partial charge in [0.25, 0.3) is 0 Å². The summed E-state index contributed by atoms with van der Waals surface area (Å²) >= 11 is 0. The smallest absolute Gasteiger partial charge is 0.242 e. The zero-order valence-corrected chi connectivity index (χ0v) is 20.1. The lowest BCUT2D eigenvalue weighted by Crippen LogP contribution is -2.52. The Morgan fingerprint density at radius 3 is 2.48 bits per heavy atom. The summed E-state index contributed by atoms with van der Waals surface area (Å²) in [5.41, 5.74) is 1.50. The topological polar surface area (TPSA) is 77.1 Å². The maximum absolute atomic E-state index is 13.3. The number of nitrogens with one attached hydrogen (secondary N) is 1. The molecule has 7 heteroatoms. The first-order valence-electron chi connectivity index (χ1n) is 11.3. The van der Waals surface area contributed by atoms with Crippen LogP contribution in [0.4, 0.5) is 0 Å². The highest BCUT2D eigenvalue weighted by atomic mass is 16.6. The van der Waals surface area contributed by atoms with Crippen molar-refractivity contribution in [2.24, 2.45) is 0 Å². The first-order chi connectivity index (χ1) is 15.7. The molecule has 2 amide bonds. The maximum Gasteiger partial charge on any atom is 0.242 e. The van der Waals surface area contributed by atoms with E-state index >= 15 is 0 Å². The standard InChI is InChI=1S/C26H34N2O5/c1-18(25(30)27-26(2,3)4)28(17-20-7-6-8-21(15-20)31-5)24(29)12-10-19-9-11-22-23(16-19)33-14-13-32-22/h6-9,11,15-16,18H,10,12-14,17H2,1-5H3,(H,27,30)/t18-/m0/s1. The quantitative estimate of drug-likeness (QED) is 0.658. The van der Waals surface area contributed by atoms with E-state index in [-0.39, 0.29) is 23.8 Å². The number of rotatable bonds is 8. The van der Waals surface area contributed by atoms with E-state index in [2.05, 4.69) is 5.32 Å². The number of carbonyl (C=O) groups excluding carboxylic acids is 2. The van der Waals surface area contributed by atoms with E-state index in [4.69, 9.17) is 14.2 Å². The van der Waals surface area contributed by atoms with Crippen molar-refractivity contribution in [3.8, 4) is 17.2 Å². The van der Waals surface area contributed by atoms with Gasteiger partial charge in [-0.25, -0.2) is 0 Å². The van der Waals surface area contributed by atoms with Crippen LogP contribution in [0, 0.1) is 0 Å². The molecule has 0 saturated heterocycles. The third kappa shape index (κ3) is 6.88. The van der Waals surface area contributed by atoms with Crippen molar-refractivity contribution in [3.05, 3.63) is 53.6 Å². The van der Waals surface area contributed by atoms with E-state index in [9.17, 15) is 9.59 Å². The van der Waals surface area contributed by atoms with Crippen LogP contribution in [-0.4, -0.2) is 48.6 Å². The van der Waals surface area contributed by atoms with Crippen LogP contribution in [0.5, 0.6) is 17.2 Å². The zero-order valence-electron chi connectivity index (χ0n) is 20.1. The second-order valence-electron chi connectivity index (χ2n) is 9.27. The molecule has 0 saturated carbocycles. The minimum atomic E-state index is -0.622. The van der Waals surface area contributed by atoms with Gasteiger partial charge in [0.1, 0.15) is 25.0 Å². The molecule has 0 fully saturated rings. The molecule has 0 radical (unpaired) electrons. The Balaban J connectivity index is 1.75. The fraction of sp³-hybridized carbons (Fsp3) is 0.462. The van der Waals surface area contributed by atoms with E-state index in [1.54, 1.807) is 18.9 Å². The van der Waals surface area contributed by atoms with Crippen LogP contribution in [0.3, 0.4) is 0 Å². The molecule has 1 aliphatic heterocycles. The molecule has 0 spiro atoms. The molecule has 3 rings (SSSR count). The van der Waals surface area contributed by atoms with E-state index in [0.29, 0.717) is 37.7 Å². The largest absolute Gasteiger partial charge is 0.497 e. The molecule has 1 heterocycles. The number of aryl methyl sites for hydroxylation is 1. The number of carbonyl (C=O) groups is 2. The summed E-state index contributed by atoms with van der Waals surface area (Å²) in [6.07, 6.45) is 0.814. The van der Waals surface area contributed by atoms with Gasteiger partial charge >= 0.3 is 0 Å². The average molecular weight is 455 g/mol. The van der Waals surface area contributed by atoms with E-state index in [1.807, 2.05) is 63.2 Å². The SMILES string of the molecule is COc1cccc(CN(C(=O)CCc2ccc3c(c2)OCCO3)[C@@H](C)C(=O)NC(C)(C)C)c1. The molecule has 33 heavy (non-hydrogen) atoms. The fourth-order valence-corrected chi connectivity index (χ4v) is 3.66. The summed E-state index contributed by atoms with van der Waals surface area (Å²) in [7, 11) is 1.61. The minimum absolute atomic E-state index is 0.0933. The van der Waals surface area contributed by atoms with Crippen molar-refractivity contribution >= 4 is 11.8 Å². The molecular formula is C26H34N2O5. The Hall–Kier alpha value is -3.22. The predicted octanol–water partition coefficient (Wildman–Crippen LogP) is 3.73. The van der Waals surface area contributed by atoms with Gasteiger partial charge in [0.2, 0.25) is 11.8 Å². The van der Waals surface area contributed by atoms with Crippen LogP contribution in [0.2, 0.25) is 0 Å². The summed E-state index contributed by atoms with van der Waals surface area (Å²) < 4.78 is 16.5. The third-order valence-electron chi connectivity index (χ3n) is 5.39. The lowest BCUT2D eigenvalue weighted by atomic mass is 10.1. The Kier molecular flexibility index (Phi) is 7.84. The number of hydrogen-bond donors (Lipinski definition) is 1. The van der Waals surface area contributed by atoms with Crippen LogP contribution in [0.25, 0.3) is 0 Å². The molecular weight excluding hydrogens is 420 g/mol. The van der Waals surface area contributed by atoms with E-state index in [0.717, 1.165) is 16.9 Å². The Labute approximate surface area is 196 Å². The molecule has 1 atom stereocenters. The van der Waals surface area contributed by atoms with Crippen LogP contribution in [0.15, 0.2) is 42.5 Å². The zero-order chi connectivity index (χ0) is 24.0. The Morgan fingerprint density at radius 1 is 1.06 bits per heavy atom. The normalized spacial score (nSPS) is 13.7. The Morgan fingerprint density at radius 2 is 1.79 bits per heavy atom. The molecule has 0 aromatic heterocycles. The van der Waals surface area contributed by atoms with Gasteiger partial charge in [0.05, 0.1) is 7.11 Å². The lowest BCUT2D eigenvalue weighted by Gasteiger charge is -2.31. The number of hydrogen-bond acceptors (Lipinski definition) is 5. The van der Waals surface area contributed by atoms with Gasteiger partial charge in [-0.3, -0.25) is 9.59 Å². The molecule has 2 aromatic rings. The first-order valence-corrected chi connectivity index (χ1v) is 11.3. The van der Waals surface area contributed by atoms with Gasteiger partial charge < -0.3 is 24.4 Å². The van der Waals surface area contributed by atoms with Gasteiger partial charge in [-0.1, -0.05) is 18.2 Å². The van der Waals surface area contributed by atoms with Crippen molar-refractivity contribution in [2.45, 2.75) is 58.7 Å². The first kappa shape index (κ1) is 24.4. The average Bonchev–Trinajstić information content (AvgIpc) is 2.79. The van der Waals surface area contributed by atoms with Gasteiger partial charge in [0, 0.05) is 18.5 Å². The number of ether oxygens (including phenoxy) is 3. The number of nitrogens with zero attached hydrogens (tertiary/aromatic N) is 1. The highest BCUT2D eigenvalue weighted by molar-refractivity contribution is 5.87. The maximum atomic E-state index is 13.3. The molecule has 1 N–H and O–H groups in total. The van der Waals surface area contributed by atoms with Gasteiger partial charge in [0.15, 0.2) is 11.5 Å². The third-order valence-corrected chi connectivity index (χ3v) is 5.39. The molecule has 7 nitrogen and oxygen atoms in total. The molecule has 1 aliphatic rings. The molecule has 0 aliphatic carbocycles. The highest BCUT2D eigenvalue weighted by Crippen LogP contribution is 2.31. The number of methoxy groups -OCH3 is 1. The molecule has 2 aromatic carbocycles. The van der Waals surface area contributed by atoms with Gasteiger partial charge in [-0.05, 0) is 69.5 Å². The van der Waals surface area contributed by atoms with Gasteiger partial charge in [-0.2, -0.15) is 0 Å². The lowest BCUT2D eigenvalue weighted by molar-refractivity contribution is -0.141. The number of fused-ring (bicyclic) bond motifs is 1. The van der Waals surface area contributed by atoms with Crippen molar-refractivity contribution in [3.63, 3.8) is 0 Å². The molecule has 178 valence electrons. The van der Waals surface area contributed by atoms with Crippen molar-refractivity contribution < 1.29 is 23.8 Å². The summed E-state index contributed by atoms with van der Waals surface area (Å²) in [4.78, 5) is 27.9. The molecule has 0 unspecified atom stereocenters. The second kappa shape index (κ2) is 10.6. The van der Waals surface area contributed by atoms with E-state index < -0.39 is 6.04 Å². The van der Waals surface area contributed by atoms with E-state index in [1.165, 1.54) is 0 Å². The molecule has 0 bridgehead atoms.